The third-order valence-electron chi connectivity index (χ3n) is 7.19. The van der Waals surface area contributed by atoms with Crippen LogP contribution in [0.2, 0.25) is 0 Å². The van der Waals surface area contributed by atoms with Gasteiger partial charge in [0.25, 0.3) is 0 Å². The van der Waals surface area contributed by atoms with Gasteiger partial charge >= 0.3 is 8.60 Å². The summed E-state index contributed by atoms with van der Waals surface area (Å²) in [6.45, 7) is 13.4. The van der Waals surface area contributed by atoms with Gasteiger partial charge in [0.1, 0.15) is 5.75 Å². The lowest BCUT2D eigenvalue weighted by Crippen LogP contribution is -2.14. The van der Waals surface area contributed by atoms with Crippen LogP contribution in [0.4, 0.5) is 0 Å². The molecule has 0 heterocycles. The number of rotatable bonds is 4. The maximum atomic E-state index is 9.83. The zero-order valence-electron chi connectivity index (χ0n) is 22.9. The van der Waals surface area contributed by atoms with Crippen molar-refractivity contribution in [3.63, 3.8) is 0 Å². The van der Waals surface area contributed by atoms with Crippen molar-refractivity contribution in [1.29, 1.82) is 0 Å². The van der Waals surface area contributed by atoms with Gasteiger partial charge in [-0.25, -0.2) is 0 Å². The van der Waals surface area contributed by atoms with Crippen molar-refractivity contribution < 1.29 is 14.3 Å². The number of benzene rings is 5. The van der Waals surface area contributed by atoms with E-state index < -0.39 is 8.60 Å². The SMILES string of the molecule is CC(C)(C)c1ccc2cc(-c3cccc(OP(O)O)c3-c3ccc4ccccc4c3)c(C(C)(C)C)cc2c1. The molecule has 3 nitrogen and oxygen atoms in total. The van der Waals surface area contributed by atoms with E-state index in [1.165, 1.54) is 21.9 Å². The average molecular weight is 523 g/mol. The zero-order chi connectivity index (χ0) is 27.2. The Balaban J connectivity index is 1.82. The molecule has 4 heteroatoms. The van der Waals surface area contributed by atoms with Crippen molar-refractivity contribution in [3.8, 4) is 28.0 Å². The van der Waals surface area contributed by atoms with Crippen LogP contribution in [0, 0.1) is 0 Å². The summed E-state index contributed by atoms with van der Waals surface area (Å²) >= 11 is 0. The molecule has 0 spiro atoms. The van der Waals surface area contributed by atoms with E-state index in [2.05, 4.69) is 108 Å². The molecule has 0 amide bonds. The Labute approximate surface area is 226 Å². The van der Waals surface area contributed by atoms with E-state index in [4.69, 9.17) is 4.52 Å². The van der Waals surface area contributed by atoms with Gasteiger partial charge in [-0.05, 0) is 84.5 Å². The lowest BCUT2D eigenvalue weighted by atomic mass is 9.78. The first kappa shape index (κ1) is 26.4. The highest BCUT2D eigenvalue weighted by Crippen LogP contribution is 2.47. The highest BCUT2D eigenvalue weighted by atomic mass is 31.2. The molecule has 0 saturated carbocycles. The Morgan fingerprint density at radius 2 is 1.26 bits per heavy atom. The molecule has 2 N–H and O–H groups in total. The van der Waals surface area contributed by atoms with Gasteiger partial charge in [0.2, 0.25) is 0 Å². The van der Waals surface area contributed by atoms with Crippen LogP contribution in [-0.4, -0.2) is 9.79 Å². The summed E-state index contributed by atoms with van der Waals surface area (Å²) in [6, 6.07) is 31.7. The summed E-state index contributed by atoms with van der Waals surface area (Å²) in [7, 11) is -2.57. The molecule has 194 valence electrons. The maximum absolute atomic E-state index is 9.83. The second-order valence-electron chi connectivity index (χ2n) is 12.0. The van der Waals surface area contributed by atoms with Crippen LogP contribution in [-0.2, 0) is 10.8 Å². The molecular formula is C34H35O3P. The highest BCUT2D eigenvalue weighted by Gasteiger charge is 2.24. The Kier molecular flexibility index (Phi) is 6.82. The first-order valence-corrected chi connectivity index (χ1v) is 14.2. The molecular weight excluding hydrogens is 487 g/mol. The summed E-state index contributed by atoms with van der Waals surface area (Å²) < 4.78 is 5.62. The number of hydrogen-bond acceptors (Lipinski definition) is 3. The van der Waals surface area contributed by atoms with Gasteiger partial charge in [0.05, 0.1) is 0 Å². The minimum Gasteiger partial charge on any atom is -0.426 e. The van der Waals surface area contributed by atoms with Gasteiger partial charge < -0.3 is 14.3 Å². The smallest absolute Gasteiger partial charge is 0.391 e. The van der Waals surface area contributed by atoms with E-state index in [0.29, 0.717) is 5.75 Å². The van der Waals surface area contributed by atoms with E-state index in [1.54, 1.807) is 0 Å². The van der Waals surface area contributed by atoms with E-state index >= 15 is 0 Å². The van der Waals surface area contributed by atoms with E-state index in [-0.39, 0.29) is 10.8 Å². The van der Waals surface area contributed by atoms with Crippen LogP contribution >= 0.6 is 8.60 Å². The van der Waals surface area contributed by atoms with Gasteiger partial charge in [0, 0.05) is 5.56 Å². The highest BCUT2D eigenvalue weighted by molar-refractivity contribution is 7.39. The van der Waals surface area contributed by atoms with Crippen molar-refractivity contribution in [3.05, 3.63) is 102 Å². The molecule has 5 aromatic rings. The largest absolute Gasteiger partial charge is 0.426 e. The summed E-state index contributed by atoms with van der Waals surface area (Å²) in [6.07, 6.45) is 0. The van der Waals surface area contributed by atoms with Crippen molar-refractivity contribution in [2.75, 3.05) is 0 Å². The lowest BCUT2D eigenvalue weighted by molar-refractivity contribution is 0.375. The first-order chi connectivity index (χ1) is 17.9. The quantitative estimate of drug-likeness (QED) is 0.231. The van der Waals surface area contributed by atoms with Crippen LogP contribution in [0.3, 0.4) is 0 Å². The van der Waals surface area contributed by atoms with Crippen LogP contribution in [0.5, 0.6) is 5.75 Å². The number of fused-ring (bicyclic) bond motifs is 2. The molecule has 0 saturated heterocycles. The molecule has 0 atom stereocenters. The van der Waals surface area contributed by atoms with E-state index in [1.807, 2.05) is 24.3 Å². The predicted octanol–water partition coefficient (Wildman–Crippen LogP) is 9.51. The molecule has 0 unspecified atom stereocenters. The maximum Gasteiger partial charge on any atom is 0.391 e. The molecule has 5 aromatic carbocycles. The third-order valence-corrected chi connectivity index (χ3v) is 7.55. The van der Waals surface area contributed by atoms with Crippen LogP contribution < -0.4 is 4.52 Å². The average Bonchev–Trinajstić information content (AvgIpc) is 2.85. The van der Waals surface area contributed by atoms with Gasteiger partial charge in [-0.2, -0.15) is 0 Å². The molecule has 0 bridgehead atoms. The molecule has 5 rings (SSSR count). The normalized spacial score (nSPS) is 12.4. The molecule has 0 aliphatic carbocycles. The minimum absolute atomic E-state index is 0.0661. The van der Waals surface area contributed by atoms with Crippen molar-refractivity contribution in [1.82, 2.24) is 0 Å². The van der Waals surface area contributed by atoms with Gasteiger partial charge in [-0.1, -0.05) is 108 Å². The van der Waals surface area contributed by atoms with Gasteiger partial charge in [0.15, 0.2) is 0 Å². The summed E-state index contributed by atoms with van der Waals surface area (Å²) in [4.78, 5) is 19.7. The monoisotopic (exact) mass is 522 g/mol. The summed E-state index contributed by atoms with van der Waals surface area (Å²) in [5.74, 6) is 0.455. The standard InChI is InChI=1S/C34H35O3P/c1-33(2,3)27-17-16-24-20-29(30(34(4,5)6)21-26(24)19-27)28-12-9-13-31(37-38(35)36)32(28)25-15-14-22-10-7-8-11-23(22)18-25/h7-21,35-36H,1-6H3. The predicted molar refractivity (Wildman–Crippen MR) is 162 cm³/mol. The molecule has 0 aliphatic heterocycles. The summed E-state index contributed by atoms with van der Waals surface area (Å²) in [5.41, 5.74) is 6.41. The fraction of sp³-hybridized carbons (Fsp3) is 0.235. The van der Waals surface area contributed by atoms with Crippen molar-refractivity contribution in [2.24, 2.45) is 0 Å². The van der Waals surface area contributed by atoms with Gasteiger partial charge in [-0.3, -0.25) is 0 Å². The van der Waals surface area contributed by atoms with Crippen molar-refractivity contribution in [2.45, 2.75) is 52.4 Å². The third kappa shape index (κ3) is 5.20. The van der Waals surface area contributed by atoms with Crippen LogP contribution in [0.1, 0.15) is 52.7 Å². The Morgan fingerprint density at radius 1 is 0.579 bits per heavy atom. The van der Waals surface area contributed by atoms with Crippen LogP contribution in [0.25, 0.3) is 43.8 Å². The lowest BCUT2D eigenvalue weighted by Gasteiger charge is -2.27. The molecule has 0 radical (unpaired) electrons. The minimum atomic E-state index is -2.57. The summed E-state index contributed by atoms with van der Waals surface area (Å²) in [5, 5.41) is 4.66. The van der Waals surface area contributed by atoms with Gasteiger partial charge in [-0.15, -0.1) is 0 Å². The molecule has 0 aromatic heterocycles. The van der Waals surface area contributed by atoms with E-state index in [9.17, 15) is 9.79 Å². The van der Waals surface area contributed by atoms with Crippen molar-refractivity contribution >= 4 is 30.1 Å². The molecule has 0 aliphatic rings. The Hall–Kier alpha value is -3.23. The second-order valence-corrected chi connectivity index (χ2v) is 12.7. The fourth-order valence-corrected chi connectivity index (χ4v) is 5.50. The first-order valence-electron chi connectivity index (χ1n) is 13.0. The molecule has 0 fully saturated rings. The fourth-order valence-electron chi connectivity index (χ4n) is 5.17. The van der Waals surface area contributed by atoms with Crippen LogP contribution in [0.15, 0.2) is 91.0 Å². The topological polar surface area (TPSA) is 49.7 Å². The number of hydrogen-bond donors (Lipinski definition) is 2. The Bertz CT molecular complexity index is 1640. The Morgan fingerprint density at radius 3 is 1.95 bits per heavy atom. The molecule has 38 heavy (non-hydrogen) atoms. The zero-order valence-corrected chi connectivity index (χ0v) is 23.8. The van der Waals surface area contributed by atoms with E-state index in [0.717, 1.165) is 33.0 Å². The second kappa shape index (κ2) is 9.82.